The Labute approximate surface area is 78.9 Å². The van der Waals surface area contributed by atoms with Gasteiger partial charge in [0.25, 0.3) is 12.3 Å². The summed E-state index contributed by atoms with van der Waals surface area (Å²) in [5.41, 5.74) is 9.73. The quantitative estimate of drug-likeness (QED) is 0.749. The summed E-state index contributed by atoms with van der Waals surface area (Å²) < 4.78 is 24.7. The minimum atomic E-state index is -2.86. The van der Waals surface area contributed by atoms with Crippen LogP contribution in [0.15, 0.2) is 6.20 Å². The van der Waals surface area contributed by atoms with Gasteiger partial charge in [0.05, 0.1) is 11.3 Å². The lowest BCUT2D eigenvalue weighted by atomic mass is 10.1. The zero-order chi connectivity index (χ0) is 10.9. The maximum atomic E-state index is 12.4. The first-order valence-electron chi connectivity index (χ1n) is 3.78. The van der Waals surface area contributed by atoms with Crippen LogP contribution in [0.2, 0.25) is 0 Å². The SMILES string of the molecule is Cc1cnc(C(F)F)c(C(N)=O)c1N. The van der Waals surface area contributed by atoms with Gasteiger partial charge in [0.1, 0.15) is 5.69 Å². The molecule has 0 bridgehead atoms. The molecule has 0 fully saturated rings. The molecular formula is C8H9F2N3O. The van der Waals surface area contributed by atoms with Crippen molar-refractivity contribution in [1.82, 2.24) is 4.98 Å². The summed E-state index contributed by atoms with van der Waals surface area (Å²) in [6.07, 6.45) is -1.68. The Morgan fingerprint density at radius 3 is 2.57 bits per heavy atom. The Bertz CT molecular complexity index is 379. The van der Waals surface area contributed by atoms with Crippen LogP contribution in [0.4, 0.5) is 14.5 Å². The summed E-state index contributed by atoms with van der Waals surface area (Å²) in [7, 11) is 0. The standard InChI is InChI=1S/C8H9F2N3O/c1-3-2-13-6(7(9)10)4(5(3)11)8(12)14/h2,7H,1H3,(H2,11,13)(H2,12,14). The number of nitrogens with two attached hydrogens (primary N) is 2. The van der Waals surface area contributed by atoms with Crippen LogP contribution in [0.5, 0.6) is 0 Å². The molecule has 0 saturated heterocycles. The number of hydrogen-bond donors (Lipinski definition) is 2. The number of nitrogen functional groups attached to an aromatic ring is 1. The molecule has 0 spiro atoms. The number of halogens is 2. The van der Waals surface area contributed by atoms with Crippen molar-refractivity contribution in [3.05, 3.63) is 23.0 Å². The van der Waals surface area contributed by atoms with Crippen LogP contribution in [0.25, 0.3) is 0 Å². The lowest BCUT2D eigenvalue weighted by Crippen LogP contribution is -2.18. The van der Waals surface area contributed by atoms with Crippen molar-refractivity contribution >= 4 is 11.6 Å². The number of amides is 1. The topological polar surface area (TPSA) is 82.0 Å². The van der Waals surface area contributed by atoms with E-state index in [-0.39, 0.29) is 11.3 Å². The van der Waals surface area contributed by atoms with Gasteiger partial charge in [-0.25, -0.2) is 8.78 Å². The van der Waals surface area contributed by atoms with E-state index in [1.54, 1.807) is 6.92 Å². The molecule has 14 heavy (non-hydrogen) atoms. The van der Waals surface area contributed by atoms with Crippen LogP contribution in [-0.4, -0.2) is 10.9 Å². The van der Waals surface area contributed by atoms with Crippen molar-refractivity contribution in [2.75, 3.05) is 5.73 Å². The lowest BCUT2D eigenvalue weighted by molar-refractivity contribution is 0.0984. The summed E-state index contributed by atoms with van der Waals surface area (Å²) in [5, 5.41) is 0. The number of hydrogen-bond acceptors (Lipinski definition) is 3. The first kappa shape index (κ1) is 10.4. The predicted molar refractivity (Wildman–Crippen MR) is 46.9 cm³/mol. The van der Waals surface area contributed by atoms with Crippen molar-refractivity contribution in [3.8, 4) is 0 Å². The molecule has 6 heteroatoms. The normalized spacial score (nSPS) is 10.6. The monoisotopic (exact) mass is 201 g/mol. The van der Waals surface area contributed by atoms with Crippen LogP contribution in [0.1, 0.15) is 28.0 Å². The van der Waals surface area contributed by atoms with Crippen molar-refractivity contribution in [3.63, 3.8) is 0 Å². The molecule has 0 atom stereocenters. The van der Waals surface area contributed by atoms with Crippen molar-refractivity contribution in [1.29, 1.82) is 0 Å². The second-order valence-electron chi connectivity index (χ2n) is 2.78. The van der Waals surface area contributed by atoms with E-state index >= 15 is 0 Å². The highest BCUT2D eigenvalue weighted by molar-refractivity contribution is 5.99. The summed E-state index contributed by atoms with van der Waals surface area (Å²) in [6.45, 7) is 1.56. The highest BCUT2D eigenvalue weighted by Crippen LogP contribution is 2.26. The number of carbonyl (C=O) groups is 1. The van der Waals surface area contributed by atoms with Gasteiger partial charge in [-0.1, -0.05) is 0 Å². The van der Waals surface area contributed by atoms with E-state index in [0.29, 0.717) is 5.56 Å². The minimum Gasteiger partial charge on any atom is -0.398 e. The Kier molecular flexibility index (Phi) is 2.64. The Morgan fingerprint density at radius 1 is 1.57 bits per heavy atom. The third-order valence-electron chi connectivity index (χ3n) is 1.80. The molecule has 76 valence electrons. The molecule has 1 aromatic heterocycles. The number of nitrogens with zero attached hydrogens (tertiary/aromatic N) is 1. The summed E-state index contributed by atoms with van der Waals surface area (Å²) in [5.74, 6) is -0.992. The van der Waals surface area contributed by atoms with E-state index in [1.807, 2.05) is 0 Å². The third kappa shape index (κ3) is 1.63. The van der Waals surface area contributed by atoms with Gasteiger partial charge >= 0.3 is 0 Å². The molecule has 4 nitrogen and oxygen atoms in total. The zero-order valence-electron chi connectivity index (χ0n) is 7.42. The van der Waals surface area contributed by atoms with E-state index in [9.17, 15) is 13.6 Å². The fourth-order valence-corrected chi connectivity index (χ4v) is 1.06. The average molecular weight is 201 g/mol. The number of aryl methyl sites for hydroxylation is 1. The number of rotatable bonds is 2. The molecule has 0 unspecified atom stereocenters. The molecular weight excluding hydrogens is 192 g/mol. The van der Waals surface area contributed by atoms with Crippen LogP contribution in [-0.2, 0) is 0 Å². The molecule has 0 aliphatic rings. The molecule has 1 rings (SSSR count). The molecule has 0 radical (unpaired) electrons. The molecule has 0 aliphatic carbocycles. The van der Waals surface area contributed by atoms with Gasteiger partial charge in [0.2, 0.25) is 0 Å². The van der Waals surface area contributed by atoms with Crippen LogP contribution in [0, 0.1) is 6.92 Å². The van der Waals surface area contributed by atoms with E-state index in [1.165, 1.54) is 6.20 Å². The van der Waals surface area contributed by atoms with E-state index < -0.39 is 18.0 Å². The van der Waals surface area contributed by atoms with Crippen LogP contribution < -0.4 is 11.5 Å². The predicted octanol–water partition coefficient (Wildman–Crippen LogP) is 1.01. The Hall–Kier alpha value is -1.72. The minimum absolute atomic E-state index is 0.0391. The van der Waals surface area contributed by atoms with Crippen molar-refractivity contribution < 1.29 is 13.6 Å². The molecule has 0 saturated carbocycles. The first-order chi connectivity index (χ1) is 6.45. The molecule has 1 amide bonds. The molecule has 1 aromatic rings. The fourth-order valence-electron chi connectivity index (χ4n) is 1.06. The maximum absolute atomic E-state index is 12.4. The lowest BCUT2D eigenvalue weighted by Gasteiger charge is -2.09. The molecule has 0 aromatic carbocycles. The van der Waals surface area contributed by atoms with Gasteiger partial charge in [-0.15, -0.1) is 0 Å². The molecule has 4 N–H and O–H groups in total. The Balaban J connectivity index is 3.45. The highest BCUT2D eigenvalue weighted by Gasteiger charge is 2.21. The van der Waals surface area contributed by atoms with Crippen molar-refractivity contribution in [2.45, 2.75) is 13.3 Å². The Morgan fingerprint density at radius 2 is 2.14 bits per heavy atom. The van der Waals surface area contributed by atoms with Gasteiger partial charge in [-0.2, -0.15) is 0 Å². The largest absolute Gasteiger partial charge is 0.398 e. The smallest absolute Gasteiger partial charge is 0.281 e. The molecule has 0 aliphatic heterocycles. The van der Waals surface area contributed by atoms with E-state index in [2.05, 4.69) is 4.98 Å². The van der Waals surface area contributed by atoms with Gasteiger partial charge in [0, 0.05) is 6.20 Å². The second kappa shape index (κ2) is 3.57. The van der Waals surface area contributed by atoms with Crippen molar-refractivity contribution in [2.24, 2.45) is 5.73 Å². The second-order valence-corrected chi connectivity index (χ2v) is 2.78. The number of pyridine rings is 1. The number of primary amides is 1. The summed E-state index contributed by atoms with van der Waals surface area (Å²) in [6, 6.07) is 0. The van der Waals surface area contributed by atoms with E-state index in [0.717, 1.165) is 0 Å². The maximum Gasteiger partial charge on any atom is 0.281 e. The number of alkyl halides is 2. The zero-order valence-corrected chi connectivity index (χ0v) is 7.42. The fraction of sp³-hybridized carbons (Fsp3) is 0.250. The summed E-state index contributed by atoms with van der Waals surface area (Å²) >= 11 is 0. The van der Waals surface area contributed by atoms with Gasteiger partial charge in [-0.3, -0.25) is 9.78 Å². The number of carbonyl (C=O) groups excluding carboxylic acids is 1. The van der Waals surface area contributed by atoms with Gasteiger partial charge < -0.3 is 11.5 Å². The van der Waals surface area contributed by atoms with Gasteiger partial charge in [0.15, 0.2) is 0 Å². The molecule has 1 heterocycles. The highest BCUT2D eigenvalue weighted by atomic mass is 19.3. The number of anilines is 1. The first-order valence-corrected chi connectivity index (χ1v) is 3.78. The summed E-state index contributed by atoms with van der Waals surface area (Å²) in [4.78, 5) is 14.3. The van der Waals surface area contributed by atoms with Crippen LogP contribution in [0.3, 0.4) is 0 Å². The third-order valence-corrected chi connectivity index (χ3v) is 1.80. The van der Waals surface area contributed by atoms with Gasteiger partial charge in [-0.05, 0) is 12.5 Å². The average Bonchev–Trinajstić information content (AvgIpc) is 2.08. The van der Waals surface area contributed by atoms with E-state index in [4.69, 9.17) is 11.5 Å². The van der Waals surface area contributed by atoms with Crippen LogP contribution >= 0.6 is 0 Å². The number of aromatic nitrogens is 1.